The molecule has 3 aromatic rings. The summed E-state index contributed by atoms with van der Waals surface area (Å²) in [4.78, 5) is 17.9. The van der Waals surface area contributed by atoms with Crippen LogP contribution in [-0.2, 0) is 0 Å². The number of para-hydroxylation sites is 1. The fourth-order valence-electron chi connectivity index (χ4n) is 2.62. The molecule has 0 spiro atoms. The Labute approximate surface area is 150 Å². The molecule has 0 bridgehead atoms. The second-order valence-corrected chi connectivity index (χ2v) is 7.66. The zero-order valence-electron chi connectivity index (χ0n) is 14.1. The van der Waals surface area contributed by atoms with E-state index in [0.29, 0.717) is 5.39 Å². The van der Waals surface area contributed by atoms with Gasteiger partial charge in [0.05, 0.1) is 16.6 Å². The number of hydrogen-bond acceptors (Lipinski definition) is 4. The van der Waals surface area contributed by atoms with E-state index in [0.717, 1.165) is 33.4 Å². The lowest BCUT2D eigenvalue weighted by atomic mass is 10.1. The maximum atomic E-state index is 13.2. The first-order valence-corrected chi connectivity index (χ1v) is 10.2. The monoisotopic (exact) mass is 356 g/mol. The first kappa shape index (κ1) is 17.1. The third-order valence-corrected chi connectivity index (χ3v) is 5.89. The number of aryl methyl sites for hydroxylation is 1. The predicted octanol–water partition coefficient (Wildman–Crippen LogP) is 4.46. The highest BCUT2D eigenvalue weighted by Gasteiger charge is 2.15. The van der Waals surface area contributed by atoms with Crippen molar-refractivity contribution < 1.29 is 0 Å². The fraction of sp³-hybridized carbons (Fsp3) is 0.263. The van der Waals surface area contributed by atoms with E-state index in [1.54, 1.807) is 28.1 Å². The fourth-order valence-corrected chi connectivity index (χ4v) is 4.27. The molecule has 0 atom stereocenters. The Balaban J connectivity index is 2.27. The van der Waals surface area contributed by atoms with Crippen LogP contribution in [-0.4, -0.2) is 27.3 Å². The summed E-state index contributed by atoms with van der Waals surface area (Å²) in [6.07, 6.45) is 2.09. The van der Waals surface area contributed by atoms with Gasteiger partial charge in [0, 0.05) is 11.5 Å². The average molecular weight is 357 g/mol. The molecule has 0 aliphatic heterocycles. The largest absolute Gasteiger partial charge is 0.268 e. The number of nitrogens with zero attached hydrogens (tertiary/aromatic N) is 2. The second-order valence-electron chi connectivity index (χ2n) is 5.61. The highest BCUT2D eigenvalue weighted by molar-refractivity contribution is 8.02. The Bertz CT molecular complexity index is 934. The molecule has 0 aliphatic rings. The molecule has 5 heteroatoms. The van der Waals surface area contributed by atoms with Crippen molar-refractivity contribution >= 4 is 34.4 Å². The van der Waals surface area contributed by atoms with Crippen LogP contribution in [0.1, 0.15) is 11.1 Å². The summed E-state index contributed by atoms with van der Waals surface area (Å²) < 4.78 is 1.77. The number of hydrogen-bond donors (Lipinski definition) is 0. The summed E-state index contributed by atoms with van der Waals surface area (Å²) >= 11 is 3.44. The SMILES string of the molecule is CSCCSc1nc2ccccc2c(=O)n1-c1cccc(C)c1C. The van der Waals surface area contributed by atoms with E-state index in [4.69, 9.17) is 4.98 Å². The van der Waals surface area contributed by atoms with Gasteiger partial charge in [-0.2, -0.15) is 11.8 Å². The van der Waals surface area contributed by atoms with Crippen molar-refractivity contribution in [3.63, 3.8) is 0 Å². The number of benzene rings is 2. The lowest BCUT2D eigenvalue weighted by Crippen LogP contribution is -2.22. The summed E-state index contributed by atoms with van der Waals surface area (Å²) in [5, 5.41) is 1.43. The van der Waals surface area contributed by atoms with Gasteiger partial charge in [0.1, 0.15) is 0 Å². The van der Waals surface area contributed by atoms with Gasteiger partial charge in [-0.3, -0.25) is 9.36 Å². The van der Waals surface area contributed by atoms with Crippen LogP contribution >= 0.6 is 23.5 Å². The van der Waals surface area contributed by atoms with E-state index in [-0.39, 0.29) is 5.56 Å². The van der Waals surface area contributed by atoms with Crippen LogP contribution in [0.15, 0.2) is 52.4 Å². The number of rotatable bonds is 5. The average Bonchev–Trinajstić information content (AvgIpc) is 2.59. The molecule has 0 saturated carbocycles. The van der Waals surface area contributed by atoms with Gasteiger partial charge in [-0.15, -0.1) is 0 Å². The van der Waals surface area contributed by atoms with E-state index >= 15 is 0 Å². The molecule has 1 heterocycles. The van der Waals surface area contributed by atoms with Gasteiger partial charge in [0.15, 0.2) is 5.16 Å². The second kappa shape index (κ2) is 7.45. The van der Waals surface area contributed by atoms with Crippen molar-refractivity contribution in [3.05, 3.63) is 63.9 Å². The molecule has 3 rings (SSSR count). The Morgan fingerprint density at radius 3 is 2.62 bits per heavy atom. The lowest BCUT2D eigenvalue weighted by Gasteiger charge is -2.16. The van der Waals surface area contributed by atoms with Gasteiger partial charge < -0.3 is 0 Å². The molecule has 124 valence electrons. The van der Waals surface area contributed by atoms with E-state index in [1.807, 2.05) is 36.4 Å². The molecule has 0 saturated heterocycles. The van der Waals surface area contributed by atoms with Crippen molar-refractivity contribution in [2.45, 2.75) is 19.0 Å². The number of fused-ring (bicyclic) bond motifs is 1. The summed E-state index contributed by atoms with van der Waals surface area (Å²) in [5.41, 5.74) is 3.97. The van der Waals surface area contributed by atoms with E-state index in [9.17, 15) is 4.79 Å². The molecular formula is C19H20N2OS2. The van der Waals surface area contributed by atoms with Crippen LogP contribution in [0.3, 0.4) is 0 Å². The maximum Gasteiger partial charge on any atom is 0.266 e. The van der Waals surface area contributed by atoms with Crippen LogP contribution in [0, 0.1) is 13.8 Å². The van der Waals surface area contributed by atoms with Crippen LogP contribution in [0.4, 0.5) is 0 Å². The van der Waals surface area contributed by atoms with Crippen molar-refractivity contribution in [2.24, 2.45) is 0 Å². The van der Waals surface area contributed by atoms with Gasteiger partial charge in [-0.25, -0.2) is 4.98 Å². The maximum absolute atomic E-state index is 13.2. The summed E-state index contributed by atoms with van der Waals surface area (Å²) in [6, 6.07) is 13.6. The van der Waals surface area contributed by atoms with E-state index in [1.165, 1.54) is 5.56 Å². The van der Waals surface area contributed by atoms with Crippen LogP contribution < -0.4 is 5.56 Å². The summed E-state index contributed by atoms with van der Waals surface area (Å²) in [7, 11) is 0. The predicted molar refractivity (Wildman–Crippen MR) is 106 cm³/mol. The van der Waals surface area contributed by atoms with Crippen molar-refractivity contribution in [2.75, 3.05) is 17.8 Å². The topological polar surface area (TPSA) is 34.9 Å². The summed E-state index contributed by atoms with van der Waals surface area (Å²) in [5.74, 6) is 1.96. The Morgan fingerprint density at radius 1 is 1.04 bits per heavy atom. The van der Waals surface area contributed by atoms with Crippen LogP contribution in [0.5, 0.6) is 0 Å². The molecule has 1 aromatic heterocycles. The van der Waals surface area contributed by atoms with Crippen LogP contribution in [0.2, 0.25) is 0 Å². The van der Waals surface area contributed by atoms with Crippen molar-refractivity contribution in [3.8, 4) is 5.69 Å². The molecule has 0 fully saturated rings. The van der Waals surface area contributed by atoms with Crippen molar-refractivity contribution in [1.29, 1.82) is 0 Å². The highest BCUT2D eigenvalue weighted by Crippen LogP contribution is 2.24. The summed E-state index contributed by atoms with van der Waals surface area (Å²) in [6.45, 7) is 4.13. The van der Waals surface area contributed by atoms with Crippen LogP contribution in [0.25, 0.3) is 16.6 Å². The minimum absolute atomic E-state index is 0.000881. The zero-order valence-corrected chi connectivity index (χ0v) is 15.7. The first-order valence-electron chi connectivity index (χ1n) is 7.83. The normalized spacial score (nSPS) is 11.1. The first-order chi connectivity index (χ1) is 11.6. The standard InChI is InChI=1S/C19H20N2OS2/c1-13-7-6-10-17(14(13)2)21-18(22)15-8-4-5-9-16(15)20-19(21)24-12-11-23-3/h4-10H,11-12H2,1-3H3. The Kier molecular flexibility index (Phi) is 5.31. The van der Waals surface area contributed by atoms with Gasteiger partial charge in [0.25, 0.3) is 5.56 Å². The third-order valence-electron chi connectivity index (χ3n) is 4.08. The lowest BCUT2D eigenvalue weighted by molar-refractivity contribution is 0.813. The highest BCUT2D eigenvalue weighted by atomic mass is 32.2. The molecule has 0 aliphatic carbocycles. The molecule has 0 unspecified atom stereocenters. The van der Waals surface area contributed by atoms with Gasteiger partial charge in [-0.05, 0) is 49.4 Å². The molecular weight excluding hydrogens is 336 g/mol. The Morgan fingerprint density at radius 2 is 1.83 bits per heavy atom. The van der Waals surface area contributed by atoms with Gasteiger partial charge in [0.2, 0.25) is 0 Å². The van der Waals surface area contributed by atoms with Gasteiger partial charge in [-0.1, -0.05) is 36.0 Å². The molecule has 3 nitrogen and oxygen atoms in total. The van der Waals surface area contributed by atoms with E-state index in [2.05, 4.69) is 26.2 Å². The Hall–Kier alpha value is -1.72. The molecule has 0 amide bonds. The minimum Gasteiger partial charge on any atom is -0.268 e. The minimum atomic E-state index is 0.000881. The number of aromatic nitrogens is 2. The molecule has 24 heavy (non-hydrogen) atoms. The zero-order chi connectivity index (χ0) is 17.1. The third kappa shape index (κ3) is 3.23. The smallest absolute Gasteiger partial charge is 0.266 e. The molecule has 2 aromatic carbocycles. The quantitative estimate of drug-likeness (QED) is 0.384. The number of thioether (sulfide) groups is 2. The van der Waals surface area contributed by atoms with Crippen molar-refractivity contribution in [1.82, 2.24) is 9.55 Å². The molecule has 0 radical (unpaired) electrons. The van der Waals surface area contributed by atoms with Gasteiger partial charge >= 0.3 is 0 Å². The van der Waals surface area contributed by atoms with E-state index < -0.39 is 0 Å². The molecule has 0 N–H and O–H groups in total.